The molecular weight excluding hydrogens is 354 g/mol. The summed E-state index contributed by atoms with van der Waals surface area (Å²) >= 11 is 6.18. The number of hydrogen-bond acceptors (Lipinski definition) is 5. The first-order valence-electron chi connectivity index (χ1n) is 8.18. The maximum atomic E-state index is 12.4. The van der Waals surface area contributed by atoms with E-state index in [1.807, 2.05) is 42.5 Å². The zero-order valence-corrected chi connectivity index (χ0v) is 14.8. The summed E-state index contributed by atoms with van der Waals surface area (Å²) in [6.45, 7) is 0.495. The number of amides is 1. The number of methoxy groups -OCH3 is 1. The Hall–Kier alpha value is -2.86. The van der Waals surface area contributed by atoms with Gasteiger partial charge in [0.05, 0.1) is 18.1 Å². The van der Waals surface area contributed by atoms with Crippen LogP contribution in [-0.4, -0.2) is 29.7 Å². The molecule has 2 aromatic carbocycles. The normalized spacial score (nSPS) is 16.9. The lowest BCUT2D eigenvalue weighted by atomic mass is 10.1. The molecule has 1 amide bonds. The molecule has 7 heteroatoms. The van der Waals surface area contributed by atoms with Crippen molar-refractivity contribution in [3.63, 3.8) is 0 Å². The van der Waals surface area contributed by atoms with Crippen molar-refractivity contribution in [1.82, 2.24) is 10.1 Å². The maximum Gasteiger partial charge on any atom is 0.232 e. The third-order valence-corrected chi connectivity index (χ3v) is 4.74. The highest BCUT2D eigenvalue weighted by molar-refractivity contribution is 6.33. The zero-order valence-electron chi connectivity index (χ0n) is 14.1. The van der Waals surface area contributed by atoms with E-state index in [-0.39, 0.29) is 11.8 Å². The fourth-order valence-corrected chi connectivity index (χ4v) is 3.26. The minimum atomic E-state index is -0.145. The van der Waals surface area contributed by atoms with Crippen molar-refractivity contribution in [3.8, 4) is 17.1 Å². The van der Waals surface area contributed by atoms with Gasteiger partial charge in [-0.1, -0.05) is 28.9 Å². The van der Waals surface area contributed by atoms with Gasteiger partial charge in [0, 0.05) is 24.2 Å². The highest BCUT2D eigenvalue weighted by Crippen LogP contribution is 2.33. The van der Waals surface area contributed by atoms with Gasteiger partial charge in [0.2, 0.25) is 17.6 Å². The first kappa shape index (κ1) is 16.6. The van der Waals surface area contributed by atoms with Crippen LogP contribution in [0.2, 0.25) is 5.02 Å². The molecule has 1 fully saturated rings. The lowest BCUT2D eigenvalue weighted by molar-refractivity contribution is -0.117. The largest absolute Gasteiger partial charge is 0.497 e. The van der Waals surface area contributed by atoms with E-state index in [4.69, 9.17) is 20.9 Å². The Balaban J connectivity index is 1.55. The van der Waals surface area contributed by atoms with Crippen LogP contribution < -0.4 is 9.64 Å². The molecule has 0 saturated carbocycles. The van der Waals surface area contributed by atoms with E-state index in [2.05, 4.69) is 10.1 Å². The fourth-order valence-electron chi connectivity index (χ4n) is 3.04. The first-order chi connectivity index (χ1) is 12.7. The number of hydrogen-bond donors (Lipinski definition) is 0. The fraction of sp³-hybridized carbons (Fsp3) is 0.211. The van der Waals surface area contributed by atoms with Crippen LogP contribution in [0.5, 0.6) is 5.75 Å². The van der Waals surface area contributed by atoms with E-state index in [1.54, 1.807) is 18.1 Å². The van der Waals surface area contributed by atoms with E-state index >= 15 is 0 Å². The molecule has 0 aliphatic carbocycles. The molecule has 1 aromatic heterocycles. The maximum absolute atomic E-state index is 12.4. The molecule has 0 radical (unpaired) electrons. The predicted octanol–water partition coefficient (Wildman–Crippen LogP) is 3.92. The third kappa shape index (κ3) is 3.04. The Morgan fingerprint density at radius 1 is 1.19 bits per heavy atom. The standard InChI is InChI=1S/C19H16ClN3O3/c1-25-14-8-6-13(7-9-14)23-11-12(10-17(23)24)19-21-18(22-26-19)15-4-2-3-5-16(15)20/h2-9,12H,10-11H2,1H3/t12-/m0/s1. The average molecular weight is 370 g/mol. The molecule has 0 unspecified atom stereocenters. The molecule has 1 aliphatic heterocycles. The summed E-state index contributed by atoms with van der Waals surface area (Å²) in [5.74, 6) is 1.51. The van der Waals surface area contributed by atoms with E-state index in [0.29, 0.717) is 35.3 Å². The number of anilines is 1. The summed E-state index contributed by atoms with van der Waals surface area (Å²) in [7, 11) is 1.61. The van der Waals surface area contributed by atoms with Crippen LogP contribution >= 0.6 is 11.6 Å². The Labute approximate surface area is 155 Å². The Kier molecular flexibility index (Phi) is 4.34. The smallest absolute Gasteiger partial charge is 0.232 e. The number of carbonyl (C=O) groups excluding carboxylic acids is 1. The second kappa shape index (κ2) is 6.80. The number of halogens is 1. The first-order valence-corrected chi connectivity index (χ1v) is 8.56. The van der Waals surface area contributed by atoms with Gasteiger partial charge in [0.15, 0.2) is 0 Å². The summed E-state index contributed by atoms with van der Waals surface area (Å²) in [4.78, 5) is 18.6. The van der Waals surface area contributed by atoms with E-state index < -0.39 is 0 Å². The molecule has 0 N–H and O–H groups in total. The third-order valence-electron chi connectivity index (χ3n) is 4.41. The Morgan fingerprint density at radius 3 is 2.69 bits per heavy atom. The number of rotatable bonds is 4. The molecule has 3 aromatic rings. The topological polar surface area (TPSA) is 68.5 Å². The molecule has 1 aliphatic rings. The summed E-state index contributed by atoms with van der Waals surface area (Å²) in [6, 6.07) is 14.7. The second-order valence-corrected chi connectivity index (χ2v) is 6.45. The Morgan fingerprint density at radius 2 is 1.96 bits per heavy atom. The van der Waals surface area contributed by atoms with Gasteiger partial charge in [0.1, 0.15) is 5.75 Å². The Bertz CT molecular complexity index is 939. The monoisotopic (exact) mass is 369 g/mol. The van der Waals surface area contributed by atoms with Crippen LogP contribution in [0.4, 0.5) is 5.69 Å². The van der Waals surface area contributed by atoms with Crippen molar-refractivity contribution in [2.45, 2.75) is 12.3 Å². The molecule has 4 rings (SSSR count). The minimum Gasteiger partial charge on any atom is -0.497 e. The van der Waals surface area contributed by atoms with Crippen LogP contribution in [0.25, 0.3) is 11.4 Å². The number of aromatic nitrogens is 2. The van der Waals surface area contributed by atoms with Gasteiger partial charge in [-0.05, 0) is 36.4 Å². The molecule has 132 valence electrons. The van der Waals surface area contributed by atoms with Crippen molar-refractivity contribution in [2.24, 2.45) is 0 Å². The number of nitrogens with zero attached hydrogens (tertiary/aromatic N) is 3. The average Bonchev–Trinajstić information content (AvgIpc) is 3.29. The van der Waals surface area contributed by atoms with Gasteiger partial charge in [-0.2, -0.15) is 4.98 Å². The van der Waals surface area contributed by atoms with Gasteiger partial charge in [-0.25, -0.2) is 0 Å². The number of carbonyl (C=O) groups is 1. The van der Waals surface area contributed by atoms with E-state index in [0.717, 1.165) is 11.4 Å². The van der Waals surface area contributed by atoms with Crippen molar-refractivity contribution in [1.29, 1.82) is 0 Å². The van der Waals surface area contributed by atoms with E-state index in [9.17, 15) is 4.79 Å². The molecular formula is C19H16ClN3O3. The zero-order chi connectivity index (χ0) is 18.1. The van der Waals surface area contributed by atoms with Gasteiger partial charge in [-0.15, -0.1) is 0 Å². The highest BCUT2D eigenvalue weighted by Gasteiger charge is 2.35. The predicted molar refractivity (Wildman–Crippen MR) is 97.4 cm³/mol. The second-order valence-electron chi connectivity index (χ2n) is 6.04. The number of ether oxygens (including phenoxy) is 1. The quantitative estimate of drug-likeness (QED) is 0.697. The SMILES string of the molecule is COc1ccc(N2C[C@@H](c3nc(-c4ccccc4Cl)no3)CC2=O)cc1. The lowest BCUT2D eigenvalue weighted by Gasteiger charge is -2.16. The van der Waals surface area contributed by atoms with Crippen LogP contribution in [0.1, 0.15) is 18.2 Å². The van der Waals surface area contributed by atoms with Crippen molar-refractivity contribution >= 4 is 23.2 Å². The molecule has 0 spiro atoms. The van der Waals surface area contributed by atoms with Crippen molar-refractivity contribution in [3.05, 3.63) is 59.4 Å². The minimum absolute atomic E-state index is 0.0256. The van der Waals surface area contributed by atoms with Crippen molar-refractivity contribution < 1.29 is 14.1 Å². The molecule has 26 heavy (non-hydrogen) atoms. The summed E-state index contributed by atoms with van der Waals surface area (Å²) in [6.07, 6.45) is 0.330. The van der Waals surface area contributed by atoms with Gasteiger partial charge < -0.3 is 14.2 Å². The van der Waals surface area contributed by atoms with Crippen LogP contribution in [0.3, 0.4) is 0 Å². The highest BCUT2D eigenvalue weighted by atomic mass is 35.5. The molecule has 6 nitrogen and oxygen atoms in total. The van der Waals surface area contributed by atoms with Crippen LogP contribution in [0.15, 0.2) is 53.1 Å². The van der Waals surface area contributed by atoms with Crippen LogP contribution in [-0.2, 0) is 4.79 Å². The summed E-state index contributed by atoms with van der Waals surface area (Å²) in [5, 5.41) is 4.58. The van der Waals surface area contributed by atoms with Gasteiger partial charge in [0.25, 0.3) is 0 Å². The summed E-state index contributed by atoms with van der Waals surface area (Å²) < 4.78 is 10.6. The lowest BCUT2D eigenvalue weighted by Crippen LogP contribution is -2.24. The molecule has 2 heterocycles. The van der Waals surface area contributed by atoms with E-state index in [1.165, 1.54) is 0 Å². The van der Waals surface area contributed by atoms with Gasteiger partial charge in [-0.3, -0.25) is 4.79 Å². The van der Waals surface area contributed by atoms with Gasteiger partial charge >= 0.3 is 0 Å². The van der Waals surface area contributed by atoms with Crippen molar-refractivity contribution in [2.75, 3.05) is 18.6 Å². The van der Waals surface area contributed by atoms with Crippen LogP contribution in [0, 0.1) is 0 Å². The number of benzene rings is 2. The molecule has 1 atom stereocenters. The molecule has 1 saturated heterocycles. The summed E-state index contributed by atoms with van der Waals surface area (Å²) in [5.41, 5.74) is 1.53. The molecule has 0 bridgehead atoms.